The van der Waals surface area contributed by atoms with Crippen LogP contribution in [-0.2, 0) is 4.74 Å². The van der Waals surface area contributed by atoms with Gasteiger partial charge in [0.05, 0.1) is 12.3 Å². The third kappa shape index (κ3) is 3.49. The molecule has 0 saturated carbocycles. The molecule has 1 heterocycles. The summed E-state index contributed by atoms with van der Waals surface area (Å²) in [5, 5.41) is 4.31. The maximum absolute atomic E-state index is 11.3. The van der Waals surface area contributed by atoms with E-state index in [1.54, 1.807) is 25.4 Å². The van der Waals surface area contributed by atoms with E-state index in [0.717, 1.165) is 17.5 Å². The van der Waals surface area contributed by atoms with Crippen molar-refractivity contribution in [2.75, 3.05) is 20.3 Å². The van der Waals surface area contributed by atoms with Crippen molar-refractivity contribution >= 4 is 6.29 Å². The van der Waals surface area contributed by atoms with E-state index in [0.29, 0.717) is 24.5 Å². The smallest absolute Gasteiger partial charge is 0.150 e. The van der Waals surface area contributed by atoms with Crippen LogP contribution in [0.4, 0.5) is 0 Å². The van der Waals surface area contributed by atoms with E-state index < -0.39 is 0 Å². The Balaban J connectivity index is 2.38. The van der Waals surface area contributed by atoms with Crippen molar-refractivity contribution in [3.8, 4) is 17.0 Å². The quantitative estimate of drug-likeness (QED) is 0.580. The van der Waals surface area contributed by atoms with Crippen LogP contribution in [0.25, 0.3) is 11.3 Å². The molecular weight excluding hydrogens is 268 g/mol. The van der Waals surface area contributed by atoms with Gasteiger partial charge in [-0.05, 0) is 38.1 Å². The molecule has 0 atom stereocenters. The van der Waals surface area contributed by atoms with Crippen LogP contribution in [0, 0.1) is 0 Å². The fraction of sp³-hybridized carbons (Fsp3) is 0.375. The highest BCUT2D eigenvalue weighted by Crippen LogP contribution is 2.28. The molecular formula is C16H20N2O3. The Morgan fingerprint density at radius 3 is 2.76 bits per heavy atom. The van der Waals surface area contributed by atoms with Gasteiger partial charge >= 0.3 is 0 Å². The molecule has 0 saturated heterocycles. The SMILES string of the molecule is COCCOc1ccc(C=O)c(-c2ccnn2C(C)C)c1. The summed E-state index contributed by atoms with van der Waals surface area (Å²) < 4.78 is 12.5. The molecule has 0 aliphatic carbocycles. The van der Waals surface area contributed by atoms with Crippen molar-refractivity contribution in [3.05, 3.63) is 36.0 Å². The zero-order valence-electron chi connectivity index (χ0n) is 12.6. The van der Waals surface area contributed by atoms with E-state index in [2.05, 4.69) is 18.9 Å². The summed E-state index contributed by atoms with van der Waals surface area (Å²) >= 11 is 0. The second-order valence-electron chi connectivity index (χ2n) is 4.96. The highest BCUT2D eigenvalue weighted by molar-refractivity contribution is 5.87. The van der Waals surface area contributed by atoms with E-state index in [1.807, 2.05) is 16.8 Å². The first-order valence-corrected chi connectivity index (χ1v) is 6.92. The number of aromatic nitrogens is 2. The largest absolute Gasteiger partial charge is 0.491 e. The van der Waals surface area contributed by atoms with Crippen molar-refractivity contribution in [2.24, 2.45) is 0 Å². The van der Waals surface area contributed by atoms with Gasteiger partial charge in [0.15, 0.2) is 6.29 Å². The van der Waals surface area contributed by atoms with Gasteiger partial charge in [-0.15, -0.1) is 0 Å². The summed E-state index contributed by atoms with van der Waals surface area (Å²) in [7, 11) is 1.63. The maximum atomic E-state index is 11.3. The van der Waals surface area contributed by atoms with Crippen LogP contribution in [-0.4, -0.2) is 36.4 Å². The molecule has 0 unspecified atom stereocenters. The maximum Gasteiger partial charge on any atom is 0.150 e. The Morgan fingerprint density at radius 1 is 1.29 bits per heavy atom. The van der Waals surface area contributed by atoms with Crippen LogP contribution < -0.4 is 4.74 Å². The molecule has 1 aromatic carbocycles. The number of ether oxygens (including phenoxy) is 2. The Kier molecular flexibility index (Phi) is 5.11. The third-order valence-corrected chi connectivity index (χ3v) is 3.14. The average molecular weight is 288 g/mol. The number of benzene rings is 1. The molecule has 0 fully saturated rings. The van der Waals surface area contributed by atoms with Crippen molar-refractivity contribution in [3.63, 3.8) is 0 Å². The summed E-state index contributed by atoms with van der Waals surface area (Å²) in [5.74, 6) is 0.712. The van der Waals surface area contributed by atoms with Gasteiger partial charge in [-0.2, -0.15) is 5.10 Å². The molecule has 0 bridgehead atoms. The number of hydrogen-bond donors (Lipinski definition) is 0. The lowest BCUT2D eigenvalue weighted by molar-refractivity contribution is 0.112. The second-order valence-corrected chi connectivity index (χ2v) is 4.96. The fourth-order valence-corrected chi connectivity index (χ4v) is 2.13. The molecule has 0 N–H and O–H groups in total. The number of nitrogens with zero attached hydrogens (tertiary/aromatic N) is 2. The molecule has 0 amide bonds. The molecule has 0 aliphatic heterocycles. The summed E-state index contributed by atoms with van der Waals surface area (Å²) in [5.41, 5.74) is 2.35. The van der Waals surface area contributed by atoms with E-state index >= 15 is 0 Å². The number of carbonyl (C=O) groups excluding carboxylic acids is 1. The molecule has 2 rings (SSSR count). The fourth-order valence-electron chi connectivity index (χ4n) is 2.13. The summed E-state index contributed by atoms with van der Waals surface area (Å²) in [6, 6.07) is 7.55. The normalized spacial score (nSPS) is 10.9. The highest BCUT2D eigenvalue weighted by atomic mass is 16.5. The highest BCUT2D eigenvalue weighted by Gasteiger charge is 2.13. The Bertz CT molecular complexity index is 605. The van der Waals surface area contributed by atoms with Gasteiger partial charge in [0.25, 0.3) is 0 Å². The van der Waals surface area contributed by atoms with Crippen LogP contribution in [0.1, 0.15) is 30.2 Å². The number of hydrogen-bond acceptors (Lipinski definition) is 4. The minimum atomic E-state index is 0.215. The lowest BCUT2D eigenvalue weighted by atomic mass is 10.0. The summed E-state index contributed by atoms with van der Waals surface area (Å²) in [6.07, 6.45) is 2.59. The summed E-state index contributed by atoms with van der Waals surface area (Å²) in [4.78, 5) is 11.3. The van der Waals surface area contributed by atoms with Crippen molar-refractivity contribution in [1.29, 1.82) is 0 Å². The molecule has 5 heteroatoms. The van der Waals surface area contributed by atoms with Gasteiger partial charge in [0, 0.05) is 30.5 Å². The first kappa shape index (κ1) is 15.3. The zero-order chi connectivity index (χ0) is 15.2. The number of methoxy groups -OCH3 is 1. The molecule has 0 aliphatic rings. The minimum absolute atomic E-state index is 0.215. The topological polar surface area (TPSA) is 53.4 Å². The zero-order valence-corrected chi connectivity index (χ0v) is 12.6. The molecule has 112 valence electrons. The van der Waals surface area contributed by atoms with E-state index in [1.165, 1.54) is 0 Å². The van der Waals surface area contributed by atoms with Crippen LogP contribution >= 0.6 is 0 Å². The lowest BCUT2D eigenvalue weighted by Gasteiger charge is -2.14. The predicted octanol–water partition coefficient (Wildman–Crippen LogP) is 2.97. The van der Waals surface area contributed by atoms with Gasteiger partial charge in [-0.3, -0.25) is 9.48 Å². The number of aldehydes is 1. The Labute approximate surface area is 124 Å². The van der Waals surface area contributed by atoms with Gasteiger partial charge < -0.3 is 9.47 Å². The van der Waals surface area contributed by atoms with Gasteiger partial charge in [0.1, 0.15) is 12.4 Å². The third-order valence-electron chi connectivity index (χ3n) is 3.14. The van der Waals surface area contributed by atoms with Crippen molar-refractivity contribution in [2.45, 2.75) is 19.9 Å². The molecule has 2 aromatic rings. The standard InChI is InChI=1S/C16H20N2O3/c1-12(2)18-16(6-7-17-18)15-10-14(21-9-8-20-3)5-4-13(15)11-19/h4-7,10-12H,8-9H2,1-3H3. The van der Waals surface area contributed by atoms with Gasteiger partial charge in [0.2, 0.25) is 0 Å². The first-order chi connectivity index (χ1) is 10.2. The van der Waals surface area contributed by atoms with Gasteiger partial charge in [-0.25, -0.2) is 0 Å². The number of rotatable bonds is 7. The van der Waals surface area contributed by atoms with Crippen molar-refractivity contribution < 1.29 is 14.3 Å². The van der Waals surface area contributed by atoms with Crippen LogP contribution in [0.2, 0.25) is 0 Å². The van der Waals surface area contributed by atoms with E-state index in [-0.39, 0.29) is 6.04 Å². The number of carbonyl (C=O) groups is 1. The Hall–Kier alpha value is -2.14. The van der Waals surface area contributed by atoms with E-state index in [4.69, 9.17) is 9.47 Å². The molecule has 0 spiro atoms. The van der Waals surface area contributed by atoms with Crippen LogP contribution in [0.3, 0.4) is 0 Å². The summed E-state index contributed by atoms with van der Waals surface area (Å²) in [6.45, 7) is 5.10. The molecule has 1 aromatic heterocycles. The lowest BCUT2D eigenvalue weighted by Crippen LogP contribution is -2.07. The molecule has 21 heavy (non-hydrogen) atoms. The van der Waals surface area contributed by atoms with E-state index in [9.17, 15) is 4.79 Å². The molecule has 0 radical (unpaired) electrons. The second kappa shape index (κ2) is 7.04. The first-order valence-electron chi connectivity index (χ1n) is 6.92. The average Bonchev–Trinajstić information content (AvgIpc) is 2.97. The van der Waals surface area contributed by atoms with Gasteiger partial charge in [-0.1, -0.05) is 0 Å². The predicted molar refractivity (Wildman–Crippen MR) is 80.8 cm³/mol. The minimum Gasteiger partial charge on any atom is -0.491 e. The van der Waals surface area contributed by atoms with Crippen molar-refractivity contribution in [1.82, 2.24) is 9.78 Å². The van der Waals surface area contributed by atoms with Crippen LogP contribution in [0.5, 0.6) is 5.75 Å². The Morgan fingerprint density at radius 2 is 2.10 bits per heavy atom. The monoisotopic (exact) mass is 288 g/mol. The van der Waals surface area contributed by atoms with Crippen LogP contribution in [0.15, 0.2) is 30.5 Å². The molecule has 5 nitrogen and oxygen atoms in total.